The predicted molar refractivity (Wildman–Crippen MR) is 72.0 cm³/mol. The van der Waals surface area contributed by atoms with Crippen molar-refractivity contribution < 1.29 is 4.39 Å². The number of alkyl halides is 1. The fourth-order valence-corrected chi connectivity index (χ4v) is 2.77. The highest BCUT2D eigenvalue weighted by Crippen LogP contribution is 2.22. The van der Waals surface area contributed by atoms with Gasteiger partial charge in [0.25, 0.3) is 0 Å². The Kier molecular flexibility index (Phi) is 6.37. The van der Waals surface area contributed by atoms with Crippen LogP contribution in [0.4, 0.5) is 4.39 Å². The summed E-state index contributed by atoms with van der Waals surface area (Å²) in [7, 11) is 0. The lowest BCUT2D eigenvalue weighted by Gasteiger charge is -2.09. The molecule has 0 N–H and O–H groups in total. The summed E-state index contributed by atoms with van der Waals surface area (Å²) in [5.41, 5.74) is 0.653. The molecule has 3 heteroatoms. The average Bonchev–Trinajstić information content (AvgIpc) is 2.23. The number of benzene rings is 1. The first-order valence-electron chi connectivity index (χ1n) is 5.72. The first-order valence-corrected chi connectivity index (χ1v) is 7.01. The van der Waals surface area contributed by atoms with Crippen molar-refractivity contribution in [3.63, 3.8) is 0 Å². The van der Waals surface area contributed by atoms with Crippen LogP contribution in [0.5, 0.6) is 0 Å². The quantitative estimate of drug-likeness (QED) is 0.620. The van der Waals surface area contributed by atoms with Crippen molar-refractivity contribution in [2.24, 2.45) is 0 Å². The van der Waals surface area contributed by atoms with Gasteiger partial charge in [-0.3, -0.25) is 0 Å². The van der Waals surface area contributed by atoms with E-state index in [9.17, 15) is 4.39 Å². The maximum absolute atomic E-state index is 13.4. The molecular weight excluding hydrogens is 290 g/mol. The van der Waals surface area contributed by atoms with E-state index in [4.69, 9.17) is 11.6 Å². The molecule has 0 bridgehead atoms. The molecule has 16 heavy (non-hydrogen) atoms. The van der Waals surface area contributed by atoms with Crippen LogP contribution in [-0.4, -0.2) is 4.83 Å². The van der Waals surface area contributed by atoms with Crippen molar-refractivity contribution in [2.75, 3.05) is 0 Å². The van der Waals surface area contributed by atoms with E-state index in [0.717, 1.165) is 19.3 Å². The summed E-state index contributed by atoms with van der Waals surface area (Å²) >= 11 is 9.58. The van der Waals surface area contributed by atoms with Crippen molar-refractivity contribution in [1.82, 2.24) is 0 Å². The summed E-state index contributed by atoms with van der Waals surface area (Å²) in [6.45, 7) is 2.17. The highest BCUT2D eigenvalue weighted by atomic mass is 79.9. The predicted octanol–water partition coefficient (Wildman–Crippen LogP) is 5.37. The molecule has 0 saturated carbocycles. The SMILES string of the molecule is CCCC(Br)CCCc1c(F)cccc1Cl. The van der Waals surface area contributed by atoms with Crippen LogP contribution < -0.4 is 0 Å². The van der Waals surface area contributed by atoms with Gasteiger partial charge in [0.1, 0.15) is 5.82 Å². The van der Waals surface area contributed by atoms with E-state index < -0.39 is 0 Å². The molecule has 1 aromatic carbocycles. The van der Waals surface area contributed by atoms with Gasteiger partial charge >= 0.3 is 0 Å². The molecular formula is C13H17BrClF. The van der Waals surface area contributed by atoms with Crippen molar-refractivity contribution >= 4 is 27.5 Å². The van der Waals surface area contributed by atoms with Gasteiger partial charge in [-0.15, -0.1) is 0 Å². The van der Waals surface area contributed by atoms with Crippen LogP contribution >= 0.6 is 27.5 Å². The van der Waals surface area contributed by atoms with Gasteiger partial charge in [-0.25, -0.2) is 4.39 Å². The minimum absolute atomic E-state index is 0.186. The number of hydrogen-bond acceptors (Lipinski definition) is 0. The molecule has 1 rings (SSSR count). The standard InChI is InChI=1S/C13H17BrClF/c1-2-5-10(14)6-3-7-11-12(15)8-4-9-13(11)16/h4,8-10H,2-3,5-7H2,1H3. The van der Waals surface area contributed by atoms with Crippen molar-refractivity contribution in [2.45, 2.75) is 43.9 Å². The van der Waals surface area contributed by atoms with Gasteiger partial charge in [-0.1, -0.05) is 46.9 Å². The maximum atomic E-state index is 13.4. The number of halogens is 3. The zero-order chi connectivity index (χ0) is 12.0. The zero-order valence-electron chi connectivity index (χ0n) is 9.48. The Bertz CT molecular complexity index is 307. The molecule has 0 fully saturated rings. The zero-order valence-corrected chi connectivity index (χ0v) is 11.8. The summed E-state index contributed by atoms with van der Waals surface area (Å²) in [6, 6.07) is 4.86. The van der Waals surface area contributed by atoms with Gasteiger partial charge < -0.3 is 0 Å². The van der Waals surface area contributed by atoms with E-state index in [1.165, 1.54) is 18.9 Å². The van der Waals surface area contributed by atoms with Crippen LogP contribution in [-0.2, 0) is 6.42 Å². The topological polar surface area (TPSA) is 0 Å². The molecule has 1 unspecified atom stereocenters. The van der Waals surface area contributed by atoms with Crippen molar-refractivity contribution in [1.29, 1.82) is 0 Å². The Balaban J connectivity index is 2.43. The van der Waals surface area contributed by atoms with Crippen LogP contribution in [0, 0.1) is 5.82 Å². The van der Waals surface area contributed by atoms with Gasteiger partial charge in [-0.2, -0.15) is 0 Å². The fraction of sp³-hybridized carbons (Fsp3) is 0.538. The Hall–Kier alpha value is -0.0800. The van der Waals surface area contributed by atoms with Gasteiger partial charge in [0.05, 0.1) is 0 Å². The number of rotatable bonds is 6. The molecule has 0 aliphatic carbocycles. The molecule has 1 aromatic rings. The van der Waals surface area contributed by atoms with Crippen LogP contribution in [0.25, 0.3) is 0 Å². The molecule has 0 aliphatic rings. The Labute approximate surface area is 110 Å². The minimum Gasteiger partial charge on any atom is -0.207 e. The molecule has 90 valence electrons. The summed E-state index contributed by atoms with van der Waals surface area (Å²) in [6.07, 6.45) is 5.10. The van der Waals surface area contributed by atoms with Crippen molar-refractivity contribution in [3.05, 3.63) is 34.6 Å². The second kappa shape index (κ2) is 7.29. The van der Waals surface area contributed by atoms with E-state index in [2.05, 4.69) is 22.9 Å². The lowest BCUT2D eigenvalue weighted by molar-refractivity contribution is 0.593. The van der Waals surface area contributed by atoms with E-state index >= 15 is 0 Å². The van der Waals surface area contributed by atoms with Crippen LogP contribution in [0.2, 0.25) is 5.02 Å². The first kappa shape index (κ1) is 14.0. The first-order chi connectivity index (χ1) is 7.65. The van der Waals surface area contributed by atoms with Crippen LogP contribution in [0.1, 0.15) is 38.2 Å². The molecule has 0 heterocycles. The highest BCUT2D eigenvalue weighted by molar-refractivity contribution is 9.09. The summed E-state index contributed by atoms with van der Waals surface area (Å²) in [5.74, 6) is -0.186. The summed E-state index contributed by atoms with van der Waals surface area (Å²) in [4.78, 5) is 0.544. The molecule has 0 nitrogen and oxygen atoms in total. The second-order valence-electron chi connectivity index (χ2n) is 3.98. The third-order valence-corrected chi connectivity index (χ3v) is 3.88. The average molecular weight is 308 g/mol. The minimum atomic E-state index is -0.186. The summed E-state index contributed by atoms with van der Waals surface area (Å²) in [5, 5.41) is 0.543. The second-order valence-corrected chi connectivity index (χ2v) is 5.68. The third-order valence-electron chi connectivity index (χ3n) is 2.61. The lowest BCUT2D eigenvalue weighted by atomic mass is 10.0. The third kappa shape index (κ3) is 4.42. The van der Waals surface area contributed by atoms with E-state index in [-0.39, 0.29) is 5.82 Å². The van der Waals surface area contributed by atoms with Crippen molar-refractivity contribution in [3.8, 4) is 0 Å². The Morgan fingerprint density at radius 3 is 2.75 bits per heavy atom. The van der Waals surface area contributed by atoms with E-state index in [1.54, 1.807) is 12.1 Å². The normalized spacial score (nSPS) is 12.8. The molecule has 0 aliphatic heterocycles. The van der Waals surface area contributed by atoms with Gasteiger partial charge in [-0.05, 0) is 37.8 Å². The molecule has 0 amide bonds. The van der Waals surface area contributed by atoms with Gasteiger partial charge in [0.15, 0.2) is 0 Å². The molecule has 0 radical (unpaired) electrons. The largest absolute Gasteiger partial charge is 0.207 e. The molecule has 0 aromatic heterocycles. The maximum Gasteiger partial charge on any atom is 0.127 e. The lowest BCUT2D eigenvalue weighted by Crippen LogP contribution is -1.99. The monoisotopic (exact) mass is 306 g/mol. The Morgan fingerprint density at radius 1 is 1.38 bits per heavy atom. The fourth-order valence-electron chi connectivity index (χ4n) is 1.73. The summed E-state index contributed by atoms with van der Waals surface area (Å²) < 4.78 is 13.4. The number of hydrogen-bond donors (Lipinski definition) is 0. The Morgan fingerprint density at radius 2 is 2.12 bits per heavy atom. The highest BCUT2D eigenvalue weighted by Gasteiger charge is 2.08. The van der Waals surface area contributed by atoms with Gasteiger partial charge in [0, 0.05) is 15.4 Å². The van der Waals surface area contributed by atoms with Gasteiger partial charge in [0.2, 0.25) is 0 Å². The van der Waals surface area contributed by atoms with Crippen LogP contribution in [0.3, 0.4) is 0 Å². The molecule has 1 atom stereocenters. The molecule has 0 spiro atoms. The van der Waals surface area contributed by atoms with E-state index in [0.29, 0.717) is 15.4 Å². The van der Waals surface area contributed by atoms with E-state index in [1.807, 2.05) is 0 Å². The van der Waals surface area contributed by atoms with Crippen LogP contribution in [0.15, 0.2) is 18.2 Å². The molecule has 0 saturated heterocycles. The smallest absolute Gasteiger partial charge is 0.127 e.